The molecule has 0 saturated carbocycles. The van der Waals surface area contributed by atoms with Gasteiger partial charge in [-0.25, -0.2) is 13.4 Å². The van der Waals surface area contributed by atoms with E-state index in [9.17, 15) is 8.42 Å². The van der Waals surface area contributed by atoms with Crippen molar-refractivity contribution in [2.75, 3.05) is 23.4 Å². The first-order chi connectivity index (χ1) is 10.5. The van der Waals surface area contributed by atoms with E-state index >= 15 is 0 Å². The molecule has 6 nitrogen and oxygen atoms in total. The van der Waals surface area contributed by atoms with Gasteiger partial charge in [0.15, 0.2) is 15.7 Å². The van der Waals surface area contributed by atoms with Crippen LogP contribution in [0.5, 0.6) is 0 Å². The zero-order chi connectivity index (χ0) is 16.2. The number of anilines is 3. The van der Waals surface area contributed by atoms with Crippen LogP contribution >= 0.6 is 11.6 Å². The Morgan fingerprint density at radius 1 is 1.27 bits per heavy atom. The number of aromatic nitrogens is 2. The highest BCUT2D eigenvalue weighted by atomic mass is 35.5. The summed E-state index contributed by atoms with van der Waals surface area (Å²) >= 11 is 6.07. The fourth-order valence-electron chi connectivity index (χ4n) is 1.92. The Hall–Kier alpha value is -1.86. The molecule has 1 heterocycles. The van der Waals surface area contributed by atoms with Crippen LogP contribution in [-0.4, -0.2) is 31.2 Å². The summed E-state index contributed by atoms with van der Waals surface area (Å²) in [5, 5.41) is 6.09. The number of hydrogen-bond donors (Lipinski definition) is 2. The van der Waals surface area contributed by atoms with Crippen LogP contribution in [0.3, 0.4) is 0 Å². The van der Waals surface area contributed by atoms with Crippen molar-refractivity contribution in [3.63, 3.8) is 0 Å². The van der Waals surface area contributed by atoms with Crippen molar-refractivity contribution in [1.29, 1.82) is 0 Å². The maximum Gasteiger partial charge on any atom is 0.224 e. The summed E-state index contributed by atoms with van der Waals surface area (Å²) in [5.41, 5.74) is 0.443. The first-order valence-corrected chi connectivity index (χ1v) is 8.80. The molecule has 0 atom stereocenters. The molecule has 1 aromatic heterocycles. The minimum absolute atomic E-state index is 0.0883. The molecule has 0 aliphatic heterocycles. The van der Waals surface area contributed by atoms with E-state index in [2.05, 4.69) is 20.6 Å². The molecule has 0 fully saturated rings. The highest BCUT2D eigenvalue weighted by Crippen LogP contribution is 2.28. The standard InChI is InChI=1S/C14H17ClN4O2S/c1-3-8-22(20,21)12-7-5-4-6-11(12)18-13-10(15)9-17-14(16-2)19-13/h4-7,9H,3,8H2,1-2H3,(H2,16,17,18,19). The number of halogens is 1. The molecule has 0 spiro atoms. The maximum atomic E-state index is 12.3. The van der Waals surface area contributed by atoms with E-state index in [0.29, 0.717) is 28.9 Å². The van der Waals surface area contributed by atoms with Gasteiger partial charge in [-0.2, -0.15) is 4.98 Å². The smallest absolute Gasteiger partial charge is 0.224 e. The fraction of sp³-hybridized carbons (Fsp3) is 0.286. The number of para-hydroxylation sites is 1. The van der Waals surface area contributed by atoms with Gasteiger partial charge in [-0.3, -0.25) is 0 Å². The summed E-state index contributed by atoms with van der Waals surface area (Å²) in [6, 6.07) is 6.69. The average Bonchev–Trinajstić information content (AvgIpc) is 2.50. The van der Waals surface area contributed by atoms with Crippen LogP contribution in [0.15, 0.2) is 35.4 Å². The number of nitrogens with zero attached hydrogens (tertiary/aromatic N) is 2. The lowest BCUT2D eigenvalue weighted by molar-refractivity contribution is 0.595. The van der Waals surface area contributed by atoms with Crippen LogP contribution in [0.2, 0.25) is 5.02 Å². The molecule has 2 rings (SSSR count). The molecule has 0 aliphatic rings. The van der Waals surface area contributed by atoms with Gasteiger partial charge in [0, 0.05) is 7.05 Å². The van der Waals surface area contributed by atoms with E-state index in [1.165, 1.54) is 6.20 Å². The summed E-state index contributed by atoms with van der Waals surface area (Å²) in [5.74, 6) is 0.825. The van der Waals surface area contributed by atoms with Gasteiger partial charge < -0.3 is 10.6 Å². The second-order valence-corrected chi connectivity index (χ2v) is 7.06. The number of rotatable bonds is 6. The minimum atomic E-state index is -3.35. The van der Waals surface area contributed by atoms with Crippen molar-refractivity contribution in [1.82, 2.24) is 9.97 Å². The molecule has 8 heteroatoms. The Morgan fingerprint density at radius 3 is 2.68 bits per heavy atom. The van der Waals surface area contributed by atoms with E-state index in [1.54, 1.807) is 31.3 Å². The Morgan fingerprint density at radius 2 is 2.00 bits per heavy atom. The zero-order valence-corrected chi connectivity index (χ0v) is 13.9. The second kappa shape index (κ2) is 6.93. The lowest BCUT2D eigenvalue weighted by Gasteiger charge is -2.13. The first-order valence-electron chi connectivity index (χ1n) is 6.77. The Kier molecular flexibility index (Phi) is 5.20. The van der Waals surface area contributed by atoms with Crippen LogP contribution in [0, 0.1) is 0 Å². The van der Waals surface area contributed by atoms with Crippen molar-refractivity contribution in [3.8, 4) is 0 Å². The monoisotopic (exact) mass is 340 g/mol. The molecular weight excluding hydrogens is 324 g/mol. The van der Waals surface area contributed by atoms with Crippen LogP contribution in [-0.2, 0) is 9.84 Å². The van der Waals surface area contributed by atoms with Gasteiger partial charge in [0.25, 0.3) is 0 Å². The number of nitrogens with one attached hydrogen (secondary N) is 2. The third-order valence-corrected chi connectivity index (χ3v) is 5.16. The molecule has 2 N–H and O–H groups in total. The van der Waals surface area contributed by atoms with Gasteiger partial charge in [0.2, 0.25) is 5.95 Å². The Bertz CT molecular complexity index is 765. The van der Waals surface area contributed by atoms with Crippen molar-refractivity contribution in [3.05, 3.63) is 35.5 Å². The highest BCUT2D eigenvalue weighted by Gasteiger charge is 2.18. The molecule has 1 aromatic carbocycles. The van der Waals surface area contributed by atoms with Crippen molar-refractivity contribution >= 4 is 38.9 Å². The number of hydrogen-bond acceptors (Lipinski definition) is 6. The van der Waals surface area contributed by atoms with Crippen LogP contribution < -0.4 is 10.6 Å². The molecule has 0 aliphatic carbocycles. The van der Waals surface area contributed by atoms with Crippen molar-refractivity contribution in [2.24, 2.45) is 0 Å². The average molecular weight is 341 g/mol. The molecule has 0 radical (unpaired) electrons. The third-order valence-electron chi connectivity index (χ3n) is 2.92. The van der Waals surface area contributed by atoms with Gasteiger partial charge in [0.05, 0.1) is 22.5 Å². The summed E-state index contributed by atoms with van der Waals surface area (Å²) < 4.78 is 24.7. The first kappa shape index (κ1) is 16.5. The summed E-state index contributed by atoms with van der Waals surface area (Å²) in [6.45, 7) is 1.83. The van der Waals surface area contributed by atoms with Crippen molar-refractivity contribution in [2.45, 2.75) is 18.2 Å². The second-order valence-electron chi connectivity index (χ2n) is 4.58. The lowest BCUT2D eigenvalue weighted by atomic mass is 10.3. The summed E-state index contributed by atoms with van der Waals surface area (Å²) in [6.07, 6.45) is 2.00. The largest absolute Gasteiger partial charge is 0.357 e. The topological polar surface area (TPSA) is 84.0 Å². The molecule has 0 unspecified atom stereocenters. The summed E-state index contributed by atoms with van der Waals surface area (Å²) in [7, 11) is -1.67. The molecule has 22 heavy (non-hydrogen) atoms. The van der Waals surface area contributed by atoms with Gasteiger partial charge in [-0.1, -0.05) is 30.7 Å². The van der Waals surface area contributed by atoms with Gasteiger partial charge in [-0.05, 0) is 18.6 Å². The lowest BCUT2D eigenvalue weighted by Crippen LogP contribution is -2.09. The Balaban J connectivity index is 2.43. The molecular formula is C14H17ClN4O2S. The highest BCUT2D eigenvalue weighted by molar-refractivity contribution is 7.91. The van der Waals surface area contributed by atoms with E-state index in [1.807, 2.05) is 6.92 Å². The third kappa shape index (κ3) is 3.66. The molecule has 2 aromatic rings. The van der Waals surface area contributed by atoms with Crippen LogP contribution in [0.25, 0.3) is 0 Å². The predicted octanol–water partition coefficient (Wildman–Crippen LogP) is 3.10. The number of sulfone groups is 1. The molecule has 118 valence electrons. The molecule has 0 amide bonds. The normalized spacial score (nSPS) is 11.2. The fourth-order valence-corrected chi connectivity index (χ4v) is 3.56. The van der Waals surface area contributed by atoms with Crippen LogP contribution in [0.1, 0.15) is 13.3 Å². The molecule has 0 saturated heterocycles. The minimum Gasteiger partial charge on any atom is -0.357 e. The number of benzene rings is 1. The predicted molar refractivity (Wildman–Crippen MR) is 88.7 cm³/mol. The SMILES string of the molecule is CCCS(=O)(=O)c1ccccc1Nc1nc(NC)ncc1Cl. The van der Waals surface area contributed by atoms with Gasteiger partial charge >= 0.3 is 0 Å². The Labute approximate surface area is 134 Å². The van der Waals surface area contributed by atoms with E-state index < -0.39 is 9.84 Å². The van der Waals surface area contributed by atoms with Gasteiger partial charge in [0.1, 0.15) is 5.02 Å². The quantitative estimate of drug-likeness (QED) is 0.840. The van der Waals surface area contributed by atoms with E-state index in [4.69, 9.17) is 11.6 Å². The maximum absolute atomic E-state index is 12.3. The van der Waals surface area contributed by atoms with E-state index in [0.717, 1.165) is 0 Å². The summed E-state index contributed by atoms with van der Waals surface area (Å²) in [4.78, 5) is 8.42. The van der Waals surface area contributed by atoms with Crippen molar-refractivity contribution < 1.29 is 8.42 Å². The van der Waals surface area contributed by atoms with Gasteiger partial charge in [-0.15, -0.1) is 0 Å². The van der Waals surface area contributed by atoms with Crippen LogP contribution in [0.4, 0.5) is 17.5 Å². The van der Waals surface area contributed by atoms with E-state index in [-0.39, 0.29) is 10.6 Å². The zero-order valence-electron chi connectivity index (χ0n) is 12.3. The molecule has 0 bridgehead atoms.